The zero-order chi connectivity index (χ0) is 33.6. The number of anilines is 2. The molecule has 8 aromatic rings. The lowest BCUT2D eigenvalue weighted by Gasteiger charge is -2.21. The molecule has 5 aromatic carbocycles. The van der Waals surface area contributed by atoms with Crippen LogP contribution >= 0.6 is 23.1 Å². The molecule has 0 saturated heterocycles. The van der Waals surface area contributed by atoms with Gasteiger partial charge in [0.05, 0.1) is 11.0 Å². The summed E-state index contributed by atoms with van der Waals surface area (Å²) >= 11 is 3.07. The number of aromatic amines is 2. The van der Waals surface area contributed by atoms with Crippen molar-refractivity contribution in [3.05, 3.63) is 145 Å². The van der Waals surface area contributed by atoms with Gasteiger partial charge in [0, 0.05) is 72.2 Å². The number of hydrogen-bond donors (Lipinski definition) is 3. The maximum Gasteiger partial charge on any atom is 0.239 e. The lowest BCUT2D eigenvalue weighted by molar-refractivity contribution is 0.867. The smallest absolute Gasteiger partial charge is 0.239 e. The minimum Gasteiger partial charge on any atom is -0.372 e. The van der Waals surface area contributed by atoms with Crippen LogP contribution in [0.4, 0.5) is 11.4 Å². The lowest BCUT2D eigenvalue weighted by atomic mass is 10.1. The topological polar surface area (TPSA) is 98.1 Å². The van der Waals surface area contributed by atoms with Gasteiger partial charge in [-0.25, -0.2) is 0 Å². The highest BCUT2D eigenvalue weighted by Crippen LogP contribution is 2.46. The van der Waals surface area contributed by atoms with Gasteiger partial charge in [-0.1, -0.05) is 65.6 Å². The molecular formula is C40H32N4O3S2. The first-order chi connectivity index (χ1) is 23.9. The molecule has 242 valence electrons. The van der Waals surface area contributed by atoms with E-state index in [1.165, 1.54) is 21.9 Å². The van der Waals surface area contributed by atoms with Crippen molar-refractivity contribution in [2.45, 2.75) is 24.1 Å². The Labute approximate surface area is 289 Å². The Bertz CT molecular complexity index is 2610. The Kier molecular flexibility index (Phi) is 7.94. The molecule has 0 bridgehead atoms. The van der Waals surface area contributed by atoms with Gasteiger partial charge < -0.3 is 20.2 Å². The molecule has 9 heteroatoms. The zero-order valence-electron chi connectivity index (χ0n) is 26.9. The van der Waals surface area contributed by atoms with E-state index in [1.54, 1.807) is 36.0 Å². The van der Waals surface area contributed by atoms with Gasteiger partial charge in [-0.15, -0.1) is 0 Å². The summed E-state index contributed by atoms with van der Waals surface area (Å²) in [7, 11) is 0. The van der Waals surface area contributed by atoms with E-state index in [-0.39, 0.29) is 21.0 Å². The number of pyridine rings is 2. The molecule has 3 aromatic heterocycles. The van der Waals surface area contributed by atoms with Crippen LogP contribution in [0.2, 0.25) is 0 Å². The first kappa shape index (κ1) is 30.9. The highest BCUT2D eigenvalue weighted by molar-refractivity contribution is 8.00. The first-order valence-corrected chi connectivity index (χ1v) is 18.0. The summed E-state index contributed by atoms with van der Waals surface area (Å²) < 4.78 is 1.20. The average Bonchev–Trinajstić information content (AvgIpc) is 3.56. The molecule has 4 heterocycles. The summed E-state index contributed by atoms with van der Waals surface area (Å²) in [6.45, 7) is 6.24. The molecule has 1 unspecified atom stereocenters. The van der Waals surface area contributed by atoms with Gasteiger partial charge in [0.15, 0.2) is 10.9 Å². The van der Waals surface area contributed by atoms with E-state index in [4.69, 9.17) is 0 Å². The molecule has 1 aliphatic rings. The van der Waals surface area contributed by atoms with Gasteiger partial charge in [0.2, 0.25) is 4.74 Å². The Morgan fingerprint density at radius 3 is 1.84 bits per heavy atom. The van der Waals surface area contributed by atoms with Crippen molar-refractivity contribution >= 4 is 88.2 Å². The maximum absolute atomic E-state index is 12.8. The van der Waals surface area contributed by atoms with Crippen LogP contribution < -0.4 is 25.8 Å². The van der Waals surface area contributed by atoms with Crippen molar-refractivity contribution in [1.82, 2.24) is 9.97 Å². The molecule has 3 N–H and O–H groups in total. The van der Waals surface area contributed by atoms with E-state index in [0.717, 1.165) is 45.5 Å². The SMILES string of the molecule is CCN(CC)c1ccc2cc(C3Nc4ccccc4S3)c(=O)sc2c1.O=c1c2ccccc2[nH]c2cc3c(=O)c4ccccc4[nH]c3cc12. The number of thioether (sulfide) groups is 1. The third-order valence-electron chi connectivity index (χ3n) is 9.11. The quantitative estimate of drug-likeness (QED) is 0.161. The van der Waals surface area contributed by atoms with Gasteiger partial charge in [0.1, 0.15) is 5.37 Å². The van der Waals surface area contributed by atoms with Crippen LogP contribution in [-0.2, 0) is 0 Å². The second-order valence-corrected chi connectivity index (χ2v) is 14.1. The molecule has 7 nitrogen and oxygen atoms in total. The third kappa shape index (κ3) is 5.54. The fraction of sp³-hybridized carbons (Fsp3) is 0.125. The van der Waals surface area contributed by atoms with Gasteiger partial charge in [-0.2, -0.15) is 0 Å². The number of nitrogens with one attached hydrogen (secondary N) is 3. The van der Waals surface area contributed by atoms with Crippen LogP contribution in [0.1, 0.15) is 24.8 Å². The van der Waals surface area contributed by atoms with Crippen molar-refractivity contribution in [3.8, 4) is 0 Å². The number of aromatic nitrogens is 2. The van der Waals surface area contributed by atoms with E-state index in [0.29, 0.717) is 32.6 Å². The molecule has 49 heavy (non-hydrogen) atoms. The molecule has 1 aliphatic heterocycles. The summed E-state index contributed by atoms with van der Waals surface area (Å²) in [4.78, 5) is 48.3. The van der Waals surface area contributed by atoms with Crippen LogP contribution in [0.3, 0.4) is 0 Å². The van der Waals surface area contributed by atoms with Crippen LogP contribution in [0.25, 0.3) is 53.7 Å². The summed E-state index contributed by atoms with van der Waals surface area (Å²) in [5.41, 5.74) is 5.96. The van der Waals surface area contributed by atoms with Crippen LogP contribution in [0, 0.1) is 0 Å². The highest BCUT2D eigenvalue weighted by atomic mass is 32.2. The van der Waals surface area contributed by atoms with E-state index in [1.807, 2.05) is 48.5 Å². The minimum atomic E-state index is -0.0322. The fourth-order valence-electron chi connectivity index (χ4n) is 6.55. The van der Waals surface area contributed by atoms with Crippen LogP contribution in [-0.4, -0.2) is 23.1 Å². The van der Waals surface area contributed by atoms with Crippen molar-refractivity contribution < 1.29 is 0 Å². The Hall–Kier alpha value is -5.38. The molecule has 0 spiro atoms. The van der Waals surface area contributed by atoms with Crippen LogP contribution in [0.15, 0.2) is 128 Å². The average molecular weight is 681 g/mol. The maximum atomic E-state index is 12.8. The van der Waals surface area contributed by atoms with Crippen molar-refractivity contribution in [2.75, 3.05) is 23.3 Å². The number of nitrogens with zero attached hydrogens (tertiary/aromatic N) is 1. The van der Waals surface area contributed by atoms with E-state index < -0.39 is 0 Å². The van der Waals surface area contributed by atoms with Crippen molar-refractivity contribution in [1.29, 1.82) is 0 Å². The van der Waals surface area contributed by atoms with Gasteiger partial charge in [0.25, 0.3) is 0 Å². The number of fused-ring (bicyclic) bond motifs is 6. The Morgan fingerprint density at radius 1 is 0.633 bits per heavy atom. The Morgan fingerprint density at radius 2 is 1.22 bits per heavy atom. The fourth-order valence-corrected chi connectivity index (χ4v) is 8.70. The molecule has 0 saturated carbocycles. The minimum absolute atomic E-state index is 0.00647. The monoisotopic (exact) mass is 680 g/mol. The molecule has 9 rings (SSSR count). The first-order valence-electron chi connectivity index (χ1n) is 16.3. The largest absolute Gasteiger partial charge is 0.372 e. The van der Waals surface area contributed by atoms with Crippen molar-refractivity contribution in [3.63, 3.8) is 0 Å². The third-order valence-corrected chi connectivity index (χ3v) is 11.3. The lowest BCUT2D eigenvalue weighted by Crippen LogP contribution is -2.21. The number of hydrogen-bond acceptors (Lipinski definition) is 7. The van der Waals surface area contributed by atoms with Gasteiger partial charge >= 0.3 is 0 Å². The normalized spacial score (nSPS) is 13.8. The number of H-pyrrole nitrogens is 2. The molecular weight excluding hydrogens is 649 g/mol. The van der Waals surface area contributed by atoms with E-state index in [9.17, 15) is 14.4 Å². The number of para-hydroxylation sites is 3. The molecule has 0 fully saturated rings. The Balaban J connectivity index is 0.000000142. The zero-order valence-corrected chi connectivity index (χ0v) is 28.5. The molecule has 0 aliphatic carbocycles. The predicted molar refractivity (Wildman–Crippen MR) is 208 cm³/mol. The summed E-state index contributed by atoms with van der Waals surface area (Å²) in [6, 6.07) is 35.0. The number of benzene rings is 5. The van der Waals surface area contributed by atoms with Gasteiger partial charge in [-0.3, -0.25) is 14.4 Å². The summed E-state index contributed by atoms with van der Waals surface area (Å²) in [6.07, 6.45) is 0. The van der Waals surface area contributed by atoms with Crippen LogP contribution in [0.5, 0.6) is 0 Å². The highest BCUT2D eigenvalue weighted by Gasteiger charge is 2.25. The number of rotatable bonds is 4. The van der Waals surface area contributed by atoms with E-state index >= 15 is 0 Å². The standard InChI is InChI=1S/C20H12N2O2.C20H20N2OS2/c23-19-11-5-1-3-7-15(11)21-17-10-14-18(9-13(17)19)22-16-8-4-2-6-12(16)20(14)24;1-3-22(4-2)14-10-9-13-11-15(20(23)25-18(13)12-14)19-21-16-7-5-6-8-17(16)24-19/h1-10H,(H,21,23)(H,22,24);5-12,19,21H,3-4H2,1-2H3. The summed E-state index contributed by atoms with van der Waals surface area (Å²) in [5.74, 6) is 0. The molecule has 1 atom stereocenters. The molecule has 0 amide bonds. The second kappa shape index (κ2) is 12.6. The second-order valence-electron chi connectivity index (χ2n) is 12.0. The summed E-state index contributed by atoms with van der Waals surface area (Å²) in [5, 5.41) is 7.04. The molecule has 0 radical (unpaired) electrons. The van der Waals surface area contributed by atoms with E-state index in [2.05, 4.69) is 70.4 Å². The van der Waals surface area contributed by atoms with Gasteiger partial charge in [-0.05, 0) is 86.0 Å². The van der Waals surface area contributed by atoms with Crippen molar-refractivity contribution in [2.24, 2.45) is 0 Å². The predicted octanol–water partition coefficient (Wildman–Crippen LogP) is 9.00.